The Morgan fingerprint density at radius 1 is 1.14 bits per heavy atom. The van der Waals surface area contributed by atoms with Gasteiger partial charge < -0.3 is 15.7 Å². The molecule has 0 bridgehead atoms. The van der Waals surface area contributed by atoms with Gasteiger partial charge in [0.15, 0.2) is 0 Å². The summed E-state index contributed by atoms with van der Waals surface area (Å²) < 4.78 is 1.43. The first-order valence-electron chi connectivity index (χ1n) is 5.89. The van der Waals surface area contributed by atoms with E-state index in [4.69, 9.17) is 23.2 Å². The molecule has 116 valence electrons. The second-order valence-electron chi connectivity index (χ2n) is 4.15. The largest absolute Gasteiger partial charge is 0.392 e. The van der Waals surface area contributed by atoms with Crippen LogP contribution in [-0.2, 0) is 6.61 Å². The number of anilines is 2. The van der Waals surface area contributed by atoms with Crippen LogP contribution in [0.3, 0.4) is 0 Å². The third kappa shape index (κ3) is 4.57. The van der Waals surface area contributed by atoms with Gasteiger partial charge in [0, 0.05) is 20.2 Å². The van der Waals surface area contributed by atoms with Gasteiger partial charge in [0.1, 0.15) is 10.3 Å². The first kappa shape index (κ1) is 17.5. The molecule has 0 unspecified atom stereocenters. The fourth-order valence-corrected chi connectivity index (χ4v) is 3.51. The molecule has 3 N–H and O–H groups in total. The van der Waals surface area contributed by atoms with Crippen molar-refractivity contribution in [2.45, 2.75) is 6.61 Å². The summed E-state index contributed by atoms with van der Waals surface area (Å²) >= 11 is 18.2. The van der Waals surface area contributed by atoms with Gasteiger partial charge in [-0.1, -0.05) is 55.1 Å². The fraction of sp³-hybridized carbons (Fsp3) is 0.0769. The Balaban J connectivity index is 2.19. The normalized spacial score (nSPS) is 10.4. The number of nitrogens with one attached hydrogen (secondary N) is 2. The second kappa shape index (κ2) is 7.61. The fourth-order valence-electron chi connectivity index (χ4n) is 1.70. The Hall–Kier alpha value is -0.860. The Bertz CT molecular complexity index is 708. The minimum atomic E-state index is -0.502. The Kier molecular flexibility index (Phi) is 6.05. The third-order valence-corrected chi connectivity index (χ3v) is 4.14. The van der Waals surface area contributed by atoms with E-state index >= 15 is 0 Å². The van der Waals surface area contributed by atoms with Gasteiger partial charge in [0.2, 0.25) is 0 Å². The number of carbonyl (C=O) groups is 1. The molecule has 0 atom stereocenters. The van der Waals surface area contributed by atoms with Crippen LogP contribution >= 0.6 is 55.1 Å². The quantitative estimate of drug-likeness (QED) is 0.551. The Labute approximate surface area is 153 Å². The number of aliphatic hydroxyl groups is 1. The number of aromatic nitrogens is 1. The number of urea groups is 1. The summed E-state index contributed by atoms with van der Waals surface area (Å²) in [6.07, 6.45) is 0. The van der Waals surface area contributed by atoms with Crippen molar-refractivity contribution in [1.29, 1.82) is 0 Å². The van der Waals surface area contributed by atoms with Gasteiger partial charge in [-0.05, 0) is 24.3 Å². The summed E-state index contributed by atoms with van der Waals surface area (Å²) in [6, 6.07) is 5.89. The number of aliphatic hydroxyl groups excluding tert-OH is 1. The van der Waals surface area contributed by atoms with E-state index in [1.54, 1.807) is 12.1 Å². The van der Waals surface area contributed by atoms with Crippen molar-refractivity contribution in [1.82, 2.24) is 4.98 Å². The van der Waals surface area contributed by atoms with Crippen LogP contribution in [0.25, 0.3) is 0 Å². The number of hydrogen-bond acceptors (Lipinski definition) is 3. The SMILES string of the molecule is O=C(Nc1cc(Cl)nc(Cl)c1)Nc1cc(Br)cc(Br)c1CO. The van der Waals surface area contributed by atoms with Crippen molar-refractivity contribution in [2.75, 3.05) is 10.6 Å². The van der Waals surface area contributed by atoms with E-state index in [0.29, 0.717) is 21.4 Å². The van der Waals surface area contributed by atoms with Crippen LogP contribution in [0.4, 0.5) is 16.2 Å². The van der Waals surface area contributed by atoms with Crippen molar-refractivity contribution < 1.29 is 9.90 Å². The molecule has 9 heteroatoms. The maximum absolute atomic E-state index is 12.1. The van der Waals surface area contributed by atoms with Crippen LogP contribution in [0.15, 0.2) is 33.2 Å². The van der Waals surface area contributed by atoms with Crippen LogP contribution in [0, 0.1) is 0 Å². The summed E-state index contributed by atoms with van der Waals surface area (Å²) in [5.41, 5.74) is 1.43. The number of benzene rings is 1. The highest BCUT2D eigenvalue weighted by atomic mass is 79.9. The average Bonchev–Trinajstić information content (AvgIpc) is 2.36. The molecule has 22 heavy (non-hydrogen) atoms. The Morgan fingerprint density at radius 2 is 1.77 bits per heavy atom. The van der Waals surface area contributed by atoms with Crippen LogP contribution in [0.1, 0.15) is 5.56 Å². The van der Waals surface area contributed by atoms with E-state index in [1.165, 1.54) is 12.1 Å². The van der Waals surface area contributed by atoms with Crippen molar-refractivity contribution in [3.8, 4) is 0 Å². The van der Waals surface area contributed by atoms with Gasteiger partial charge in [-0.15, -0.1) is 0 Å². The number of pyridine rings is 1. The van der Waals surface area contributed by atoms with Gasteiger partial charge in [0.05, 0.1) is 12.3 Å². The van der Waals surface area contributed by atoms with Crippen molar-refractivity contribution in [3.05, 3.63) is 49.1 Å². The summed E-state index contributed by atoms with van der Waals surface area (Å²) in [4.78, 5) is 15.8. The lowest BCUT2D eigenvalue weighted by Gasteiger charge is -2.13. The van der Waals surface area contributed by atoms with E-state index in [1.807, 2.05) is 0 Å². The number of carbonyl (C=O) groups excluding carboxylic acids is 1. The van der Waals surface area contributed by atoms with Gasteiger partial charge in [-0.25, -0.2) is 9.78 Å². The molecule has 0 aliphatic rings. The maximum atomic E-state index is 12.1. The van der Waals surface area contributed by atoms with Crippen molar-refractivity contribution in [3.63, 3.8) is 0 Å². The van der Waals surface area contributed by atoms with Crippen molar-refractivity contribution >= 4 is 72.5 Å². The molecule has 0 saturated carbocycles. The van der Waals surface area contributed by atoms with Crippen LogP contribution < -0.4 is 10.6 Å². The molecule has 1 aromatic heterocycles. The first-order chi connectivity index (χ1) is 10.4. The first-order valence-corrected chi connectivity index (χ1v) is 8.23. The van der Waals surface area contributed by atoms with E-state index in [0.717, 1.165) is 4.47 Å². The van der Waals surface area contributed by atoms with Gasteiger partial charge in [-0.3, -0.25) is 0 Å². The molecule has 0 spiro atoms. The molecule has 2 aromatic rings. The number of nitrogens with zero attached hydrogens (tertiary/aromatic N) is 1. The summed E-state index contributed by atoms with van der Waals surface area (Å²) in [5, 5.41) is 15.0. The summed E-state index contributed by atoms with van der Waals surface area (Å²) in [6.45, 7) is -0.226. The highest BCUT2D eigenvalue weighted by Gasteiger charge is 2.11. The zero-order valence-electron chi connectivity index (χ0n) is 10.8. The van der Waals surface area contributed by atoms with Crippen LogP contribution in [-0.4, -0.2) is 16.1 Å². The van der Waals surface area contributed by atoms with E-state index in [9.17, 15) is 9.90 Å². The number of hydrogen-bond donors (Lipinski definition) is 3. The van der Waals surface area contributed by atoms with Gasteiger partial charge >= 0.3 is 6.03 Å². The second-order valence-corrected chi connectivity index (χ2v) is 6.70. The zero-order valence-corrected chi connectivity index (χ0v) is 15.5. The molecule has 1 aromatic carbocycles. The van der Waals surface area contributed by atoms with E-state index in [-0.39, 0.29) is 16.9 Å². The molecule has 0 fully saturated rings. The maximum Gasteiger partial charge on any atom is 0.323 e. The molecule has 0 aliphatic heterocycles. The summed E-state index contributed by atoms with van der Waals surface area (Å²) in [7, 11) is 0. The molecule has 0 saturated heterocycles. The summed E-state index contributed by atoms with van der Waals surface area (Å²) in [5.74, 6) is 0. The predicted molar refractivity (Wildman–Crippen MR) is 94.7 cm³/mol. The highest BCUT2D eigenvalue weighted by Crippen LogP contribution is 2.30. The Morgan fingerprint density at radius 3 is 2.36 bits per heavy atom. The third-order valence-electron chi connectivity index (χ3n) is 2.59. The molecule has 2 rings (SSSR count). The zero-order chi connectivity index (χ0) is 16.3. The van der Waals surface area contributed by atoms with E-state index < -0.39 is 6.03 Å². The number of halogens is 4. The van der Waals surface area contributed by atoms with Gasteiger partial charge in [0.25, 0.3) is 0 Å². The van der Waals surface area contributed by atoms with Crippen LogP contribution in [0.5, 0.6) is 0 Å². The monoisotopic (exact) mass is 467 g/mol. The molecule has 5 nitrogen and oxygen atoms in total. The van der Waals surface area contributed by atoms with Crippen molar-refractivity contribution in [2.24, 2.45) is 0 Å². The topological polar surface area (TPSA) is 74.2 Å². The number of amides is 2. The lowest BCUT2D eigenvalue weighted by atomic mass is 10.2. The molecule has 1 heterocycles. The molecule has 2 amide bonds. The van der Waals surface area contributed by atoms with E-state index in [2.05, 4.69) is 47.5 Å². The molecular weight excluding hydrogens is 461 g/mol. The highest BCUT2D eigenvalue weighted by molar-refractivity contribution is 9.11. The smallest absolute Gasteiger partial charge is 0.323 e. The minimum absolute atomic E-state index is 0.170. The molecule has 0 aliphatic carbocycles. The lowest BCUT2D eigenvalue weighted by molar-refractivity contribution is 0.262. The lowest BCUT2D eigenvalue weighted by Crippen LogP contribution is -2.20. The van der Waals surface area contributed by atoms with Gasteiger partial charge in [-0.2, -0.15) is 0 Å². The number of rotatable bonds is 3. The van der Waals surface area contributed by atoms with Crippen LogP contribution in [0.2, 0.25) is 10.3 Å². The predicted octanol–water partition coefficient (Wildman–Crippen LogP) is 5.05. The minimum Gasteiger partial charge on any atom is -0.392 e. The molecule has 0 radical (unpaired) electrons. The molecular formula is C13H9Br2Cl2N3O2. The average molecular weight is 470 g/mol. The standard InChI is InChI=1S/C13H9Br2Cl2N3O2/c14-6-1-9(15)8(5-21)10(2-6)19-13(22)18-7-3-11(16)20-12(17)4-7/h1-4,21H,5H2,(H2,18,19,20,22).